The number of carbonyl (C=O) groups is 1. The van der Waals surface area contributed by atoms with Gasteiger partial charge in [-0.25, -0.2) is 9.78 Å². The minimum absolute atomic E-state index is 0.0641. The highest BCUT2D eigenvalue weighted by Crippen LogP contribution is 2.35. The molecule has 1 aromatic heterocycles. The number of hydrogen-bond acceptors (Lipinski definition) is 6. The molecule has 2 saturated heterocycles. The van der Waals surface area contributed by atoms with Crippen molar-refractivity contribution in [3.05, 3.63) is 11.8 Å². The lowest BCUT2D eigenvalue weighted by atomic mass is 10.1. The summed E-state index contributed by atoms with van der Waals surface area (Å²) in [6.07, 6.45) is 6.30. The van der Waals surface area contributed by atoms with Crippen LogP contribution in [0.15, 0.2) is 6.20 Å². The van der Waals surface area contributed by atoms with Crippen LogP contribution in [-0.4, -0.2) is 66.3 Å². The van der Waals surface area contributed by atoms with Gasteiger partial charge in [-0.05, 0) is 19.8 Å². The summed E-state index contributed by atoms with van der Waals surface area (Å²) >= 11 is 0. The number of aromatic nitrogens is 2. The lowest BCUT2D eigenvalue weighted by molar-refractivity contribution is 0.129. The van der Waals surface area contributed by atoms with Crippen LogP contribution in [0.5, 0.6) is 0 Å². The number of ether oxygens (including phenoxy) is 1. The van der Waals surface area contributed by atoms with Gasteiger partial charge in [0.25, 0.3) is 0 Å². The highest BCUT2D eigenvalue weighted by atomic mass is 16.6. The van der Waals surface area contributed by atoms with E-state index in [4.69, 9.17) is 9.72 Å². The first-order valence-electron chi connectivity index (χ1n) is 8.79. The Kier molecular flexibility index (Phi) is 3.73. The molecule has 2 atom stereocenters. The molecule has 1 aromatic rings. The molecule has 1 saturated carbocycles. The van der Waals surface area contributed by atoms with E-state index in [9.17, 15) is 4.79 Å². The van der Waals surface area contributed by atoms with E-state index in [1.165, 1.54) is 12.8 Å². The van der Waals surface area contributed by atoms with Gasteiger partial charge >= 0.3 is 6.09 Å². The Morgan fingerprint density at radius 2 is 2.00 bits per heavy atom. The van der Waals surface area contributed by atoms with Crippen LogP contribution in [0.2, 0.25) is 0 Å². The predicted octanol–water partition coefficient (Wildman–Crippen LogP) is 1.80. The molecule has 1 amide bonds. The van der Waals surface area contributed by atoms with Crippen LogP contribution in [0.4, 0.5) is 16.6 Å². The molecule has 7 heteroatoms. The molecule has 4 rings (SSSR count). The van der Waals surface area contributed by atoms with E-state index in [1.54, 1.807) is 0 Å². The van der Waals surface area contributed by atoms with Crippen molar-refractivity contribution in [2.24, 2.45) is 0 Å². The second kappa shape index (κ2) is 5.79. The fourth-order valence-corrected chi connectivity index (χ4v) is 4.26. The van der Waals surface area contributed by atoms with Crippen LogP contribution >= 0.6 is 0 Å². The minimum Gasteiger partial charge on any atom is -0.442 e. The summed E-state index contributed by atoms with van der Waals surface area (Å²) in [6, 6.07) is 0.483. The number of hydrogen-bond donors (Lipinski definition) is 0. The second-order valence-electron chi connectivity index (χ2n) is 7.31. The maximum Gasteiger partial charge on any atom is 0.410 e. The molecule has 24 heavy (non-hydrogen) atoms. The zero-order valence-corrected chi connectivity index (χ0v) is 14.6. The van der Waals surface area contributed by atoms with E-state index in [2.05, 4.69) is 9.88 Å². The number of carbonyl (C=O) groups excluding carboxylic acids is 1. The van der Waals surface area contributed by atoms with Gasteiger partial charge in [-0.2, -0.15) is 4.98 Å². The molecular weight excluding hydrogens is 306 g/mol. The van der Waals surface area contributed by atoms with Gasteiger partial charge in [-0.15, -0.1) is 0 Å². The van der Waals surface area contributed by atoms with Crippen molar-refractivity contribution in [1.29, 1.82) is 0 Å². The summed E-state index contributed by atoms with van der Waals surface area (Å²) in [5, 5.41) is 0. The van der Waals surface area contributed by atoms with Crippen LogP contribution in [0.3, 0.4) is 0 Å². The van der Waals surface area contributed by atoms with Gasteiger partial charge in [-0.1, -0.05) is 12.8 Å². The van der Waals surface area contributed by atoms with Crippen LogP contribution in [0.25, 0.3) is 0 Å². The van der Waals surface area contributed by atoms with Gasteiger partial charge in [0.2, 0.25) is 5.95 Å². The van der Waals surface area contributed by atoms with Crippen LogP contribution in [0.1, 0.15) is 31.2 Å². The Labute approximate surface area is 142 Å². The van der Waals surface area contributed by atoms with Crippen molar-refractivity contribution in [3.63, 3.8) is 0 Å². The zero-order chi connectivity index (χ0) is 16.8. The summed E-state index contributed by atoms with van der Waals surface area (Å²) in [5.41, 5.74) is 1.06. The molecule has 0 bridgehead atoms. The van der Waals surface area contributed by atoms with Crippen molar-refractivity contribution in [1.82, 2.24) is 14.9 Å². The quantitative estimate of drug-likeness (QED) is 0.842. The first-order chi connectivity index (χ1) is 11.5. The van der Waals surface area contributed by atoms with Crippen LogP contribution in [-0.2, 0) is 4.74 Å². The van der Waals surface area contributed by atoms with E-state index in [1.807, 2.05) is 37.0 Å². The molecule has 0 spiro atoms. The van der Waals surface area contributed by atoms with Crippen molar-refractivity contribution < 1.29 is 9.53 Å². The van der Waals surface area contributed by atoms with Gasteiger partial charge in [-0.3, -0.25) is 4.90 Å². The normalized spacial score (nSPS) is 26.9. The molecule has 0 unspecified atom stereocenters. The Bertz CT molecular complexity index is 644. The average molecular weight is 331 g/mol. The van der Waals surface area contributed by atoms with E-state index in [-0.39, 0.29) is 18.2 Å². The Morgan fingerprint density at radius 3 is 2.71 bits per heavy atom. The molecule has 0 radical (unpaired) electrons. The van der Waals surface area contributed by atoms with E-state index in [0.717, 1.165) is 36.7 Å². The minimum atomic E-state index is -0.129. The number of amides is 1. The second-order valence-corrected chi connectivity index (χ2v) is 7.31. The standard InChI is InChI=1S/C17H25N5O2/c1-11-8-18-16(19-15(11)20(2)3)21-9-13-14(10-21)24-17(23)22(13)12-6-4-5-7-12/h8,12-14H,4-7,9-10H2,1-3H3/t13-,14+/m1/s1. The summed E-state index contributed by atoms with van der Waals surface area (Å²) < 4.78 is 5.64. The number of fused-ring (bicyclic) bond motifs is 1. The average Bonchev–Trinajstić information content (AvgIpc) is 3.23. The number of aryl methyl sites for hydroxylation is 1. The molecule has 3 heterocycles. The highest BCUT2D eigenvalue weighted by molar-refractivity contribution is 5.72. The molecule has 3 aliphatic rings. The van der Waals surface area contributed by atoms with Crippen molar-refractivity contribution in [2.75, 3.05) is 37.0 Å². The number of nitrogens with zero attached hydrogens (tertiary/aromatic N) is 5. The highest BCUT2D eigenvalue weighted by Gasteiger charge is 2.50. The van der Waals surface area contributed by atoms with Gasteiger partial charge < -0.3 is 14.5 Å². The molecule has 130 valence electrons. The van der Waals surface area contributed by atoms with Crippen molar-refractivity contribution in [2.45, 2.75) is 50.8 Å². The molecule has 2 aliphatic heterocycles. The largest absolute Gasteiger partial charge is 0.442 e. The topological polar surface area (TPSA) is 61.8 Å². The monoisotopic (exact) mass is 331 g/mol. The molecule has 3 fully saturated rings. The van der Waals surface area contributed by atoms with E-state index >= 15 is 0 Å². The fraction of sp³-hybridized carbons (Fsp3) is 0.706. The zero-order valence-electron chi connectivity index (χ0n) is 14.6. The molecule has 0 N–H and O–H groups in total. The third kappa shape index (κ3) is 2.46. The van der Waals surface area contributed by atoms with Crippen molar-refractivity contribution in [3.8, 4) is 0 Å². The Balaban J connectivity index is 1.54. The molecule has 1 aliphatic carbocycles. The third-order valence-electron chi connectivity index (χ3n) is 5.41. The Morgan fingerprint density at radius 1 is 1.25 bits per heavy atom. The predicted molar refractivity (Wildman–Crippen MR) is 91.5 cm³/mol. The molecule has 7 nitrogen and oxygen atoms in total. The fourth-order valence-electron chi connectivity index (χ4n) is 4.26. The van der Waals surface area contributed by atoms with Crippen LogP contribution in [0, 0.1) is 6.92 Å². The number of rotatable bonds is 3. The summed E-state index contributed by atoms with van der Waals surface area (Å²) in [5.74, 6) is 1.66. The lowest BCUT2D eigenvalue weighted by Gasteiger charge is -2.28. The summed E-state index contributed by atoms with van der Waals surface area (Å²) in [6.45, 7) is 3.44. The maximum atomic E-state index is 12.3. The van der Waals surface area contributed by atoms with E-state index in [0.29, 0.717) is 12.6 Å². The van der Waals surface area contributed by atoms with Gasteiger partial charge in [0.1, 0.15) is 11.9 Å². The lowest BCUT2D eigenvalue weighted by Crippen LogP contribution is -2.44. The van der Waals surface area contributed by atoms with Gasteiger partial charge in [0, 0.05) is 38.4 Å². The third-order valence-corrected chi connectivity index (χ3v) is 5.41. The first kappa shape index (κ1) is 15.5. The van der Waals surface area contributed by atoms with Crippen LogP contribution < -0.4 is 9.80 Å². The SMILES string of the molecule is Cc1cnc(N2C[C@@H]3OC(=O)N(C4CCCC4)[C@@H]3C2)nc1N(C)C. The first-order valence-corrected chi connectivity index (χ1v) is 8.79. The number of anilines is 2. The van der Waals surface area contributed by atoms with E-state index < -0.39 is 0 Å². The molecule has 0 aromatic carbocycles. The smallest absolute Gasteiger partial charge is 0.410 e. The molecular formula is C17H25N5O2. The van der Waals surface area contributed by atoms with Crippen molar-refractivity contribution >= 4 is 17.9 Å². The summed E-state index contributed by atoms with van der Waals surface area (Å²) in [4.78, 5) is 27.6. The van der Waals surface area contributed by atoms with Gasteiger partial charge in [0.05, 0.1) is 12.6 Å². The summed E-state index contributed by atoms with van der Waals surface area (Å²) in [7, 11) is 3.98. The maximum absolute atomic E-state index is 12.3. The Hall–Kier alpha value is -2.05. The van der Waals surface area contributed by atoms with Gasteiger partial charge in [0.15, 0.2) is 0 Å².